The third-order valence-corrected chi connectivity index (χ3v) is 2.90. The molecule has 0 spiro atoms. The highest BCUT2D eigenvalue weighted by Crippen LogP contribution is 2.13. The van der Waals surface area contributed by atoms with Crippen LogP contribution in [-0.2, 0) is 4.74 Å². The van der Waals surface area contributed by atoms with Crippen LogP contribution in [0.3, 0.4) is 0 Å². The number of nitrogens with one attached hydrogen (secondary N) is 1. The quantitative estimate of drug-likeness (QED) is 0.764. The van der Waals surface area contributed by atoms with Crippen molar-refractivity contribution in [2.24, 2.45) is 0 Å². The van der Waals surface area contributed by atoms with E-state index in [-0.39, 0.29) is 0 Å². The number of methoxy groups -OCH3 is 1. The van der Waals surface area contributed by atoms with Gasteiger partial charge in [0.25, 0.3) is 0 Å². The molecule has 0 saturated carbocycles. The van der Waals surface area contributed by atoms with Gasteiger partial charge in [0.2, 0.25) is 0 Å². The molecule has 0 bridgehead atoms. The van der Waals surface area contributed by atoms with Gasteiger partial charge in [-0.05, 0) is 24.8 Å². The van der Waals surface area contributed by atoms with Crippen molar-refractivity contribution in [3.05, 3.63) is 35.9 Å². The molecular weight excluding hydrogens is 198 g/mol. The summed E-state index contributed by atoms with van der Waals surface area (Å²) in [6.07, 6.45) is 1.07. The molecule has 2 heteroatoms. The molecule has 0 aromatic heterocycles. The van der Waals surface area contributed by atoms with Crippen molar-refractivity contribution >= 4 is 0 Å². The molecule has 1 aromatic carbocycles. The monoisotopic (exact) mass is 221 g/mol. The lowest BCUT2D eigenvalue weighted by molar-refractivity contribution is 0.184. The number of ether oxygens (including phenoxy) is 1. The Hall–Kier alpha value is -0.860. The van der Waals surface area contributed by atoms with E-state index in [0.29, 0.717) is 12.0 Å². The minimum absolute atomic E-state index is 0.520. The van der Waals surface area contributed by atoms with Crippen molar-refractivity contribution in [1.82, 2.24) is 5.32 Å². The summed E-state index contributed by atoms with van der Waals surface area (Å²) < 4.78 is 5.06. The molecule has 2 nitrogen and oxygen atoms in total. The van der Waals surface area contributed by atoms with Crippen LogP contribution in [0.5, 0.6) is 0 Å². The predicted molar refractivity (Wildman–Crippen MR) is 68.8 cm³/mol. The normalized spacial score (nSPS) is 14.7. The highest BCUT2D eigenvalue weighted by atomic mass is 16.5. The largest absolute Gasteiger partial charge is 0.385 e. The molecule has 0 fully saturated rings. The van der Waals surface area contributed by atoms with Gasteiger partial charge in [0.15, 0.2) is 0 Å². The first-order valence-corrected chi connectivity index (χ1v) is 6.01. The topological polar surface area (TPSA) is 21.3 Å². The van der Waals surface area contributed by atoms with Crippen molar-refractivity contribution in [2.45, 2.75) is 32.2 Å². The van der Waals surface area contributed by atoms with Crippen LogP contribution in [0.2, 0.25) is 0 Å². The van der Waals surface area contributed by atoms with Gasteiger partial charge in [-0.15, -0.1) is 0 Å². The zero-order chi connectivity index (χ0) is 11.8. The minimum atomic E-state index is 0.520. The second-order valence-electron chi connectivity index (χ2n) is 4.40. The summed E-state index contributed by atoms with van der Waals surface area (Å²) in [4.78, 5) is 0. The van der Waals surface area contributed by atoms with Crippen LogP contribution in [0, 0.1) is 0 Å². The minimum Gasteiger partial charge on any atom is -0.385 e. The predicted octanol–water partition coefficient (Wildman–Crippen LogP) is 2.80. The van der Waals surface area contributed by atoms with Gasteiger partial charge in [-0.25, -0.2) is 0 Å². The highest BCUT2D eigenvalue weighted by Gasteiger charge is 2.06. The molecule has 1 N–H and O–H groups in total. The first-order valence-electron chi connectivity index (χ1n) is 6.01. The van der Waals surface area contributed by atoms with Gasteiger partial charge in [-0.1, -0.05) is 37.3 Å². The average molecular weight is 221 g/mol. The van der Waals surface area contributed by atoms with Crippen molar-refractivity contribution in [3.63, 3.8) is 0 Å². The fraction of sp³-hybridized carbons (Fsp3) is 0.571. The average Bonchev–Trinajstić information content (AvgIpc) is 2.34. The third-order valence-electron chi connectivity index (χ3n) is 2.90. The van der Waals surface area contributed by atoms with E-state index in [1.165, 1.54) is 5.56 Å². The molecule has 1 aromatic rings. The van der Waals surface area contributed by atoms with Crippen LogP contribution < -0.4 is 5.32 Å². The third kappa shape index (κ3) is 4.77. The Labute approximate surface area is 99.0 Å². The summed E-state index contributed by atoms with van der Waals surface area (Å²) in [5.74, 6) is 0.561. The smallest absolute Gasteiger partial charge is 0.0476 e. The molecule has 16 heavy (non-hydrogen) atoms. The van der Waals surface area contributed by atoms with E-state index in [4.69, 9.17) is 4.74 Å². The van der Waals surface area contributed by atoms with Gasteiger partial charge in [-0.3, -0.25) is 0 Å². The van der Waals surface area contributed by atoms with Crippen molar-refractivity contribution < 1.29 is 4.74 Å². The van der Waals surface area contributed by atoms with E-state index in [0.717, 1.165) is 19.6 Å². The number of hydrogen-bond donors (Lipinski definition) is 1. The van der Waals surface area contributed by atoms with Crippen LogP contribution in [0.25, 0.3) is 0 Å². The van der Waals surface area contributed by atoms with Gasteiger partial charge >= 0.3 is 0 Å². The maximum Gasteiger partial charge on any atom is 0.0476 e. The second kappa shape index (κ2) is 7.42. The van der Waals surface area contributed by atoms with Gasteiger partial charge in [-0.2, -0.15) is 0 Å². The van der Waals surface area contributed by atoms with Gasteiger partial charge in [0.05, 0.1) is 0 Å². The SMILES string of the molecule is COCCC(C)NCC(C)c1ccccc1. The Kier molecular flexibility index (Phi) is 6.12. The molecular formula is C14H23NO. The van der Waals surface area contributed by atoms with Crippen LogP contribution in [-0.4, -0.2) is 26.3 Å². The molecule has 90 valence electrons. The van der Waals surface area contributed by atoms with Crippen molar-refractivity contribution in [3.8, 4) is 0 Å². The lowest BCUT2D eigenvalue weighted by Crippen LogP contribution is -2.30. The molecule has 1 rings (SSSR count). The highest BCUT2D eigenvalue weighted by molar-refractivity contribution is 5.18. The molecule has 2 unspecified atom stereocenters. The van der Waals surface area contributed by atoms with Gasteiger partial charge < -0.3 is 10.1 Å². The summed E-state index contributed by atoms with van der Waals surface area (Å²) >= 11 is 0. The summed E-state index contributed by atoms with van der Waals surface area (Å²) in [5, 5.41) is 3.54. The van der Waals surface area contributed by atoms with E-state index >= 15 is 0 Å². The van der Waals surface area contributed by atoms with Crippen LogP contribution in [0.4, 0.5) is 0 Å². The fourth-order valence-electron chi connectivity index (χ4n) is 1.67. The van der Waals surface area contributed by atoms with E-state index < -0.39 is 0 Å². The van der Waals surface area contributed by atoms with Crippen LogP contribution >= 0.6 is 0 Å². The Balaban J connectivity index is 2.27. The maximum absolute atomic E-state index is 5.06. The van der Waals surface area contributed by atoms with E-state index in [2.05, 4.69) is 49.5 Å². The first-order chi connectivity index (χ1) is 7.74. The molecule has 0 saturated heterocycles. The Morgan fingerprint density at radius 3 is 2.50 bits per heavy atom. The van der Waals surface area contributed by atoms with E-state index in [1.807, 2.05) is 0 Å². The lowest BCUT2D eigenvalue weighted by atomic mass is 10.0. The van der Waals surface area contributed by atoms with Crippen molar-refractivity contribution in [2.75, 3.05) is 20.3 Å². The van der Waals surface area contributed by atoms with Gasteiger partial charge in [0.1, 0.15) is 0 Å². The zero-order valence-corrected chi connectivity index (χ0v) is 10.6. The lowest BCUT2D eigenvalue weighted by Gasteiger charge is -2.17. The molecule has 0 aliphatic rings. The zero-order valence-electron chi connectivity index (χ0n) is 10.6. The van der Waals surface area contributed by atoms with E-state index in [9.17, 15) is 0 Å². The van der Waals surface area contributed by atoms with Gasteiger partial charge in [0, 0.05) is 26.3 Å². The number of benzene rings is 1. The summed E-state index contributed by atoms with van der Waals surface area (Å²) in [7, 11) is 1.75. The van der Waals surface area contributed by atoms with Crippen molar-refractivity contribution in [1.29, 1.82) is 0 Å². The second-order valence-corrected chi connectivity index (χ2v) is 4.40. The molecule has 0 aliphatic heterocycles. The number of hydrogen-bond acceptors (Lipinski definition) is 2. The molecule has 0 heterocycles. The maximum atomic E-state index is 5.06. The van der Waals surface area contributed by atoms with E-state index in [1.54, 1.807) is 7.11 Å². The number of rotatable bonds is 7. The first kappa shape index (κ1) is 13.2. The Morgan fingerprint density at radius 2 is 1.88 bits per heavy atom. The fourth-order valence-corrected chi connectivity index (χ4v) is 1.67. The Morgan fingerprint density at radius 1 is 1.19 bits per heavy atom. The summed E-state index contributed by atoms with van der Waals surface area (Å²) in [6, 6.07) is 11.1. The van der Waals surface area contributed by atoms with Crippen LogP contribution in [0.15, 0.2) is 30.3 Å². The molecule has 0 aliphatic carbocycles. The Bertz CT molecular complexity index is 273. The molecule has 0 amide bonds. The summed E-state index contributed by atoms with van der Waals surface area (Å²) in [6.45, 7) is 6.31. The molecule has 2 atom stereocenters. The standard InChI is InChI=1S/C14H23NO/c1-12(14-7-5-4-6-8-14)11-15-13(2)9-10-16-3/h4-8,12-13,15H,9-11H2,1-3H3. The molecule has 0 radical (unpaired) electrons. The van der Waals surface area contributed by atoms with Crippen LogP contribution in [0.1, 0.15) is 31.7 Å². The summed E-state index contributed by atoms with van der Waals surface area (Å²) in [5.41, 5.74) is 1.40.